The molecule has 25 heavy (non-hydrogen) atoms. The monoisotopic (exact) mass is 334 g/mol. The lowest BCUT2D eigenvalue weighted by atomic mass is 10.0. The topological polar surface area (TPSA) is 71.8 Å². The molecule has 5 heteroatoms. The number of aromatic nitrogens is 1. The maximum absolute atomic E-state index is 11.9. The first kappa shape index (κ1) is 16.6. The van der Waals surface area contributed by atoms with Gasteiger partial charge in [-0.2, -0.15) is 0 Å². The SMILES string of the molecule is CCOC(=O)c1ccnc(/C(Cc2ccc3ccccc3c2)=N/O)c1. The van der Waals surface area contributed by atoms with Crippen molar-refractivity contribution < 1.29 is 14.7 Å². The summed E-state index contributed by atoms with van der Waals surface area (Å²) in [5.74, 6) is -0.422. The van der Waals surface area contributed by atoms with E-state index in [2.05, 4.69) is 16.2 Å². The summed E-state index contributed by atoms with van der Waals surface area (Å²) < 4.78 is 4.99. The van der Waals surface area contributed by atoms with Crippen LogP contribution in [-0.2, 0) is 11.2 Å². The van der Waals surface area contributed by atoms with Crippen LogP contribution in [0.25, 0.3) is 10.8 Å². The van der Waals surface area contributed by atoms with Gasteiger partial charge in [0.05, 0.1) is 17.9 Å². The minimum atomic E-state index is -0.422. The van der Waals surface area contributed by atoms with Crippen LogP contribution in [0, 0.1) is 0 Å². The van der Waals surface area contributed by atoms with E-state index in [1.165, 1.54) is 6.20 Å². The van der Waals surface area contributed by atoms with Gasteiger partial charge in [0.15, 0.2) is 0 Å². The second-order valence-corrected chi connectivity index (χ2v) is 5.56. The van der Waals surface area contributed by atoms with E-state index < -0.39 is 5.97 Å². The molecule has 0 bridgehead atoms. The number of benzene rings is 2. The van der Waals surface area contributed by atoms with Crippen molar-refractivity contribution in [3.63, 3.8) is 0 Å². The second kappa shape index (κ2) is 7.57. The van der Waals surface area contributed by atoms with Gasteiger partial charge in [-0.25, -0.2) is 4.79 Å². The molecule has 0 spiro atoms. The third kappa shape index (κ3) is 3.83. The smallest absolute Gasteiger partial charge is 0.338 e. The number of esters is 1. The van der Waals surface area contributed by atoms with Crippen molar-refractivity contribution in [2.45, 2.75) is 13.3 Å². The number of carbonyl (C=O) groups is 1. The Bertz CT molecular complexity index is 935. The average molecular weight is 334 g/mol. The summed E-state index contributed by atoms with van der Waals surface area (Å²) >= 11 is 0. The van der Waals surface area contributed by atoms with E-state index in [1.54, 1.807) is 19.1 Å². The fourth-order valence-electron chi connectivity index (χ4n) is 2.65. The van der Waals surface area contributed by atoms with Gasteiger partial charge in [-0.05, 0) is 35.4 Å². The maximum Gasteiger partial charge on any atom is 0.338 e. The number of nitrogens with zero attached hydrogens (tertiary/aromatic N) is 2. The Labute approximate surface area is 145 Å². The van der Waals surface area contributed by atoms with Crippen molar-refractivity contribution in [1.29, 1.82) is 0 Å². The predicted octanol–water partition coefficient (Wildman–Crippen LogP) is 3.83. The van der Waals surface area contributed by atoms with Gasteiger partial charge in [0.1, 0.15) is 5.71 Å². The van der Waals surface area contributed by atoms with Crippen molar-refractivity contribution >= 4 is 22.5 Å². The lowest BCUT2D eigenvalue weighted by molar-refractivity contribution is 0.0526. The molecule has 0 unspecified atom stereocenters. The van der Waals surface area contributed by atoms with Crippen LogP contribution in [-0.4, -0.2) is 28.5 Å². The third-order valence-electron chi connectivity index (χ3n) is 3.87. The summed E-state index contributed by atoms with van der Waals surface area (Å²) in [4.78, 5) is 16.1. The molecule has 0 fully saturated rings. The lowest BCUT2D eigenvalue weighted by Gasteiger charge is -2.07. The Kier molecular flexibility index (Phi) is 5.04. The molecule has 126 valence electrons. The molecule has 1 heterocycles. The van der Waals surface area contributed by atoms with Crippen LogP contribution in [0.3, 0.4) is 0 Å². The van der Waals surface area contributed by atoms with Crippen molar-refractivity contribution in [3.8, 4) is 0 Å². The summed E-state index contributed by atoms with van der Waals surface area (Å²) in [6, 6.07) is 17.3. The lowest BCUT2D eigenvalue weighted by Crippen LogP contribution is -2.11. The Hall–Kier alpha value is -3.21. The molecule has 0 atom stereocenters. The zero-order valence-electron chi connectivity index (χ0n) is 13.8. The van der Waals surface area contributed by atoms with Crippen molar-refractivity contribution in [2.75, 3.05) is 6.61 Å². The first-order chi connectivity index (χ1) is 12.2. The Morgan fingerprint density at radius 3 is 2.68 bits per heavy atom. The number of hydrogen-bond acceptors (Lipinski definition) is 5. The van der Waals surface area contributed by atoms with E-state index in [4.69, 9.17) is 4.74 Å². The molecule has 0 aliphatic rings. The number of oxime groups is 1. The number of fused-ring (bicyclic) bond motifs is 1. The molecule has 0 saturated carbocycles. The highest BCUT2D eigenvalue weighted by Gasteiger charge is 2.12. The average Bonchev–Trinajstić information content (AvgIpc) is 2.66. The summed E-state index contributed by atoms with van der Waals surface area (Å²) in [7, 11) is 0. The Morgan fingerprint density at radius 2 is 1.92 bits per heavy atom. The summed E-state index contributed by atoms with van der Waals surface area (Å²) in [6.45, 7) is 2.05. The van der Waals surface area contributed by atoms with E-state index >= 15 is 0 Å². The first-order valence-corrected chi connectivity index (χ1v) is 8.03. The van der Waals surface area contributed by atoms with Crippen LogP contribution in [0.5, 0.6) is 0 Å². The fraction of sp³-hybridized carbons (Fsp3) is 0.150. The molecule has 2 aromatic carbocycles. The minimum Gasteiger partial charge on any atom is -0.462 e. The van der Waals surface area contributed by atoms with E-state index in [9.17, 15) is 10.0 Å². The largest absolute Gasteiger partial charge is 0.462 e. The third-order valence-corrected chi connectivity index (χ3v) is 3.87. The molecule has 3 aromatic rings. The van der Waals surface area contributed by atoms with Crippen LogP contribution in [0.2, 0.25) is 0 Å². The number of rotatable bonds is 5. The summed E-state index contributed by atoms with van der Waals surface area (Å²) in [6.07, 6.45) is 1.91. The van der Waals surface area contributed by atoms with Crippen LogP contribution >= 0.6 is 0 Å². The minimum absolute atomic E-state index is 0.300. The van der Waals surface area contributed by atoms with Gasteiger partial charge in [0.25, 0.3) is 0 Å². The van der Waals surface area contributed by atoms with Crippen LogP contribution in [0.4, 0.5) is 0 Å². The molecule has 0 aliphatic carbocycles. The number of ether oxygens (including phenoxy) is 1. The van der Waals surface area contributed by atoms with Crippen molar-refractivity contribution in [2.24, 2.45) is 5.16 Å². The van der Waals surface area contributed by atoms with E-state index in [0.717, 1.165) is 16.3 Å². The summed E-state index contributed by atoms with van der Waals surface area (Å²) in [5.41, 5.74) is 2.21. The van der Waals surface area contributed by atoms with Gasteiger partial charge in [-0.15, -0.1) is 0 Å². The zero-order valence-corrected chi connectivity index (χ0v) is 13.8. The van der Waals surface area contributed by atoms with Crippen molar-refractivity contribution in [3.05, 3.63) is 77.6 Å². The predicted molar refractivity (Wildman–Crippen MR) is 96.2 cm³/mol. The molecular weight excluding hydrogens is 316 g/mol. The highest BCUT2D eigenvalue weighted by Crippen LogP contribution is 2.17. The molecule has 1 N–H and O–H groups in total. The molecule has 1 aromatic heterocycles. The zero-order chi connectivity index (χ0) is 17.6. The standard InChI is InChI=1S/C20H18N2O3/c1-2-25-20(23)17-9-10-21-18(13-17)19(22-24)12-14-7-8-15-5-3-4-6-16(15)11-14/h3-11,13,24H,2,12H2,1H3/b22-19+. The highest BCUT2D eigenvalue weighted by atomic mass is 16.5. The molecular formula is C20H18N2O3. The van der Waals surface area contributed by atoms with Crippen LogP contribution in [0.15, 0.2) is 65.9 Å². The first-order valence-electron chi connectivity index (χ1n) is 8.03. The van der Waals surface area contributed by atoms with Crippen molar-refractivity contribution in [1.82, 2.24) is 4.98 Å². The van der Waals surface area contributed by atoms with Gasteiger partial charge in [0, 0.05) is 12.6 Å². The summed E-state index contributed by atoms with van der Waals surface area (Å²) in [5, 5.41) is 15.1. The van der Waals surface area contributed by atoms with E-state index in [-0.39, 0.29) is 0 Å². The number of carbonyl (C=O) groups excluding carboxylic acids is 1. The molecule has 3 rings (SSSR count). The van der Waals surface area contributed by atoms with Gasteiger partial charge in [-0.1, -0.05) is 47.6 Å². The maximum atomic E-state index is 11.9. The molecule has 0 saturated heterocycles. The molecule has 5 nitrogen and oxygen atoms in total. The number of hydrogen-bond donors (Lipinski definition) is 1. The number of pyridine rings is 1. The van der Waals surface area contributed by atoms with Gasteiger partial charge < -0.3 is 9.94 Å². The molecule has 0 amide bonds. The normalized spacial score (nSPS) is 11.5. The Balaban J connectivity index is 1.87. The van der Waals surface area contributed by atoms with Gasteiger partial charge in [-0.3, -0.25) is 4.98 Å². The second-order valence-electron chi connectivity index (χ2n) is 5.56. The Morgan fingerprint density at radius 1 is 1.12 bits per heavy atom. The molecule has 0 radical (unpaired) electrons. The van der Waals surface area contributed by atoms with Gasteiger partial charge in [0.2, 0.25) is 0 Å². The van der Waals surface area contributed by atoms with E-state index in [0.29, 0.717) is 30.0 Å². The van der Waals surface area contributed by atoms with E-state index in [1.807, 2.05) is 36.4 Å². The van der Waals surface area contributed by atoms with Crippen LogP contribution in [0.1, 0.15) is 28.5 Å². The highest BCUT2D eigenvalue weighted by molar-refractivity contribution is 6.02. The quantitative estimate of drug-likeness (QED) is 0.333. The molecule has 0 aliphatic heterocycles. The fourth-order valence-corrected chi connectivity index (χ4v) is 2.65. The van der Waals surface area contributed by atoms with Gasteiger partial charge >= 0.3 is 5.97 Å². The van der Waals surface area contributed by atoms with Crippen LogP contribution < -0.4 is 0 Å².